The molecule has 1 aliphatic rings. The molecular weight excluding hydrogens is 306 g/mol. The van der Waals surface area contributed by atoms with Crippen LogP contribution in [0.3, 0.4) is 0 Å². The Morgan fingerprint density at radius 1 is 1.37 bits per heavy atom. The average Bonchev–Trinajstić information content (AvgIpc) is 3.15. The summed E-state index contributed by atoms with van der Waals surface area (Å²) in [6.07, 6.45) is 4.39. The Morgan fingerprint density at radius 2 is 2.11 bits per heavy atom. The third-order valence-corrected chi connectivity index (χ3v) is 4.11. The van der Waals surface area contributed by atoms with Gasteiger partial charge in [-0.25, -0.2) is 9.97 Å². The van der Waals surface area contributed by atoms with Gasteiger partial charge in [-0.15, -0.1) is 0 Å². The fraction of sp³-hybridized carbons (Fsp3) is 0.462. The normalized spacial score (nSPS) is 14.7. The van der Waals surface area contributed by atoms with Crippen LogP contribution in [-0.2, 0) is 7.05 Å². The van der Waals surface area contributed by atoms with Gasteiger partial charge in [0.1, 0.15) is 5.82 Å². The molecule has 0 aliphatic heterocycles. The second kappa shape index (κ2) is 4.59. The van der Waals surface area contributed by atoms with Crippen molar-refractivity contribution in [2.45, 2.75) is 25.7 Å². The van der Waals surface area contributed by atoms with E-state index in [-0.39, 0.29) is 0 Å². The molecule has 2 aromatic heterocycles. The van der Waals surface area contributed by atoms with Crippen LogP contribution in [0.15, 0.2) is 10.7 Å². The number of aryl methyl sites for hydroxylation is 2. The summed E-state index contributed by atoms with van der Waals surface area (Å²) >= 11 is 3.60. The lowest BCUT2D eigenvalue weighted by molar-refractivity contribution is 0.756. The van der Waals surface area contributed by atoms with Crippen LogP contribution >= 0.6 is 15.9 Å². The summed E-state index contributed by atoms with van der Waals surface area (Å²) < 4.78 is 2.79. The highest BCUT2D eigenvalue weighted by molar-refractivity contribution is 9.10. The molecule has 100 valence electrons. The molecule has 1 aliphatic carbocycles. The lowest BCUT2D eigenvalue weighted by Gasteiger charge is -2.10. The average molecular weight is 322 g/mol. The standard InChI is InChI=1S/C13H16BrN5/c1-7-9(6-19(3)18-7)12-16-11(8-4-5-8)10(14)13(15-2)17-12/h6,8H,4-5H2,1-3H3,(H,15,16,17). The number of nitrogens with zero attached hydrogens (tertiary/aromatic N) is 4. The lowest BCUT2D eigenvalue weighted by atomic mass is 10.2. The maximum atomic E-state index is 4.74. The molecule has 0 saturated heterocycles. The minimum Gasteiger partial charge on any atom is -0.372 e. The van der Waals surface area contributed by atoms with Gasteiger partial charge in [0.25, 0.3) is 0 Å². The van der Waals surface area contributed by atoms with Gasteiger partial charge in [0.15, 0.2) is 5.82 Å². The van der Waals surface area contributed by atoms with E-state index in [1.807, 2.05) is 27.2 Å². The molecule has 19 heavy (non-hydrogen) atoms. The van der Waals surface area contributed by atoms with E-state index in [1.165, 1.54) is 12.8 Å². The Morgan fingerprint density at radius 3 is 2.63 bits per heavy atom. The second-order valence-electron chi connectivity index (χ2n) is 4.92. The zero-order valence-corrected chi connectivity index (χ0v) is 12.8. The summed E-state index contributed by atoms with van der Waals surface area (Å²) in [5.74, 6) is 2.16. The molecule has 0 amide bonds. The summed E-state index contributed by atoms with van der Waals surface area (Å²) in [5.41, 5.74) is 3.06. The second-order valence-corrected chi connectivity index (χ2v) is 5.71. The number of hydrogen-bond acceptors (Lipinski definition) is 4. The highest BCUT2D eigenvalue weighted by Gasteiger charge is 2.29. The largest absolute Gasteiger partial charge is 0.372 e. The summed E-state index contributed by atoms with van der Waals surface area (Å²) in [6, 6.07) is 0. The third-order valence-electron chi connectivity index (χ3n) is 3.33. The molecule has 6 heteroatoms. The quantitative estimate of drug-likeness (QED) is 0.944. The van der Waals surface area contributed by atoms with E-state index in [1.54, 1.807) is 4.68 Å². The van der Waals surface area contributed by atoms with Gasteiger partial charge in [-0.05, 0) is 35.7 Å². The van der Waals surface area contributed by atoms with E-state index >= 15 is 0 Å². The molecule has 0 atom stereocenters. The van der Waals surface area contributed by atoms with Crippen molar-refractivity contribution in [3.63, 3.8) is 0 Å². The number of rotatable bonds is 3. The first-order chi connectivity index (χ1) is 9.10. The van der Waals surface area contributed by atoms with Gasteiger partial charge >= 0.3 is 0 Å². The number of anilines is 1. The van der Waals surface area contributed by atoms with Crippen molar-refractivity contribution in [1.82, 2.24) is 19.7 Å². The Bertz CT molecular complexity index is 630. The summed E-state index contributed by atoms with van der Waals surface area (Å²) in [4.78, 5) is 9.32. The predicted octanol–water partition coefficient (Wildman–Crippen LogP) is 2.87. The molecule has 2 aromatic rings. The minimum atomic E-state index is 0.570. The van der Waals surface area contributed by atoms with Crippen LogP contribution in [-0.4, -0.2) is 26.8 Å². The molecule has 1 fully saturated rings. The molecule has 2 heterocycles. The van der Waals surface area contributed by atoms with Gasteiger partial charge < -0.3 is 5.32 Å². The molecule has 0 spiro atoms. The zero-order chi connectivity index (χ0) is 13.6. The molecule has 3 rings (SSSR count). The Kier molecular flexibility index (Phi) is 3.05. The van der Waals surface area contributed by atoms with Crippen LogP contribution in [0.25, 0.3) is 11.4 Å². The van der Waals surface area contributed by atoms with Gasteiger partial charge in [0, 0.05) is 26.2 Å². The van der Waals surface area contributed by atoms with E-state index in [0.29, 0.717) is 5.92 Å². The van der Waals surface area contributed by atoms with Crippen LogP contribution in [0.1, 0.15) is 30.1 Å². The highest BCUT2D eigenvalue weighted by Crippen LogP contribution is 2.44. The van der Waals surface area contributed by atoms with Crippen molar-refractivity contribution < 1.29 is 0 Å². The van der Waals surface area contributed by atoms with Crippen molar-refractivity contribution in [2.24, 2.45) is 7.05 Å². The summed E-state index contributed by atoms with van der Waals surface area (Å²) in [5, 5.41) is 7.49. The minimum absolute atomic E-state index is 0.570. The molecule has 0 bridgehead atoms. The number of nitrogens with one attached hydrogen (secondary N) is 1. The Hall–Kier alpha value is -1.43. The third kappa shape index (κ3) is 2.25. The smallest absolute Gasteiger partial charge is 0.165 e. The summed E-state index contributed by atoms with van der Waals surface area (Å²) in [6.45, 7) is 1.98. The lowest BCUT2D eigenvalue weighted by Crippen LogP contribution is -2.02. The first-order valence-electron chi connectivity index (χ1n) is 6.36. The molecule has 1 N–H and O–H groups in total. The number of halogens is 1. The van der Waals surface area contributed by atoms with E-state index in [2.05, 4.69) is 31.3 Å². The van der Waals surface area contributed by atoms with E-state index < -0.39 is 0 Å². The van der Waals surface area contributed by atoms with E-state index in [0.717, 1.165) is 33.1 Å². The van der Waals surface area contributed by atoms with Crippen molar-refractivity contribution in [2.75, 3.05) is 12.4 Å². The van der Waals surface area contributed by atoms with Crippen LogP contribution in [0.4, 0.5) is 5.82 Å². The van der Waals surface area contributed by atoms with E-state index in [4.69, 9.17) is 4.98 Å². The molecule has 1 saturated carbocycles. The van der Waals surface area contributed by atoms with Crippen molar-refractivity contribution in [3.8, 4) is 11.4 Å². The number of aromatic nitrogens is 4. The van der Waals surface area contributed by atoms with E-state index in [9.17, 15) is 0 Å². The molecule has 5 nitrogen and oxygen atoms in total. The topological polar surface area (TPSA) is 55.6 Å². The SMILES string of the molecule is CNc1nc(-c2cn(C)nc2C)nc(C2CC2)c1Br. The summed E-state index contributed by atoms with van der Waals surface area (Å²) in [7, 11) is 3.79. The first kappa shape index (κ1) is 12.6. The van der Waals surface area contributed by atoms with Crippen molar-refractivity contribution >= 4 is 21.7 Å². The molecule has 0 radical (unpaired) electrons. The molecule has 0 aromatic carbocycles. The first-order valence-corrected chi connectivity index (χ1v) is 7.15. The monoisotopic (exact) mass is 321 g/mol. The van der Waals surface area contributed by atoms with Crippen molar-refractivity contribution in [3.05, 3.63) is 22.1 Å². The van der Waals surface area contributed by atoms with Crippen LogP contribution < -0.4 is 5.32 Å². The maximum absolute atomic E-state index is 4.74. The zero-order valence-electron chi connectivity index (χ0n) is 11.2. The van der Waals surface area contributed by atoms with Gasteiger partial charge in [-0.2, -0.15) is 5.10 Å². The van der Waals surface area contributed by atoms with Crippen LogP contribution in [0, 0.1) is 6.92 Å². The fourth-order valence-corrected chi connectivity index (χ4v) is 2.90. The van der Waals surface area contributed by atoms with Gasteiger partial charge in [-0.1, -0.05) is 0 Å². The maximum Gasteiger partial charge on any atom is 0.165 e. The highest BCUT2D eigenvalue weighted by atomic mass is 79.9. The van der Waals surface area contributed by atoms with Crippen LogP contribution in [0.5, 0.6) is 0 Å². The Labute approximate surface area is 120 Å². The predicted molar refractivity (Wildman–Crippen MR) is 78.2 cm³/mol. The van der Waals surface area contributed by atoms with Gasteiger partial charge in [0.2, 0.25) is 0 Å². The molecular formula is C13H16BrN5. The fourth-order valence-electron chi connectivity index (χ4n) is 2.20. The number of hydrogen-bond donors (Lipinski definition) is 1. The van der Waals surface area contributed by atoms with Crippen LogP contribution in [0.2, 0.25) is 0 Å². The molecule has 0 unspecified atom stereocenters. The van der Waals surface area contributed by atoms with Gasteiger partial charge in [-0.3, -0.25) is 4.68 Å². The van der Waals surface area contributed by atoms with Gasteiger partial charge in [0.05, 0.1) is 21.4 Å². The Balaban J connectivity index is 2.16. The van der Waals surface area contributed by atoms with Crippen molar-refractivity contribution in [1.29, 1.82) is 0 Å².